The van der Waals surface area contributed by atoms with Crippen LogP contribution < -0.4 is 15.2 Å². The van der Waals surface area contributed by atoms with Gasteiger partial charge in [-0.1, -0.05) is 12.1 Å². The van der Waals surface area contributed by atoms with Crippen molar-refractivity contribution < 1.29 is 13.9 Å². The van der Waals surface area contributed by atoms with E-state index in [0.29, 0.717) is 17.1 Å². The first-order valence-corrected chi connectivity index (χ1v) is 6.00. The standard InChI is InChI=1S/C15H15FN2O2/c1-19-14-6-5-10(7-13(14)15(17)18)9-20-12-4-2-3-11(16)8-12/h2-8H,9H2,1H3,(H3,17,18). The number of nitrogens with one attached hydrogen (secondary N) is 1. The second kappa shape index (κ2) is 6.06. The minimum atomic E-state index is -0.346. The van der Waals surface area contributed by atoms with Gasteiger partial charge in [-0.3, -0.25) is 5.41 Å². The van der Waals surface area contributed by atoms with Crippen molar-refractivity contribution >= 4 is 5.84 Å². The molecule has 0 atom stereocenters. The quantitative estimate of drug-likeness (QED) is 0.650. The molecule has 0 aliphatic carbocycles. The molecular formula is C15H15FN2O2. The van der Waals surface area contributed by atoms with E-state index in [0.717, 1.165) is 5.56 Å². The molecule has 104 valence electrons. The molecule has 2 aromatic rings. The fourth-order valence-corrected chi connectivity index (χ4v) is 1.78. The molecule has 3 N–H and O–H groups in total. The summed E-state index contributed by atoms with van der Waals surface area (Å²) in [5.74, 6) is 0.563. The molecule has 5 heteroatoms. The fraction of sp³-hybridized carbons (Fsp3) is 0.133. The number of ether oxygens (including phenoxy) is 2. The van der Waals surface area contributed by atoms with Crippen LogP contribution >= 0.6 is 0 Å². The van der Waals surface area contributed by atoms with Crippen molar-refractivity contribution in [3.8, 4) is 11.5 Å². The first-order valence-electron chi connectivity index (χ1n) is 6.00. The predicted octanol–water partition coefficient (Wildman–Crippen LogP) is 2.70. The van der Waals surface area contributed by atoms with Gasteiger partial charge in [-0.15, -0.1) is 0 Å². The van der Waals surface area contributed by atoms with Crippen LogP contribution in [0.3, 0.4) is 0 Å². The van der Waals surface area contributed by atoms with Crippen molar-refractivity contribution in [3.63, 3.8) is 0 Å². The van der Waals surface area contributed by atoms with Gasteiger partial charge in [-0.2, -0.15) is 0 Å². The SMILES string of the molecule is COc1ccc(COc2cccc(F)c2)cc1C(=N)N. The summed E-state index contributed by atoms with van der Waals surface area (Å²) in [5, 5.41) is 7.51. The predicted molar refractivity (Wildman–Crippen MR) is 74.7 cm³/mol. The van der Waals surface area contributed by atoms with Crippen LogP contribution in [-0.4, -0.2) is 12.9 Å². The molecule has 2 aromatic carbocycles. The van der Waals surface area contributed by atoms with E-state index in [-0.39, 0.29) is 18.3 Å². The van der Waals surface area contributed by atoms with Crippen molar-refractivity contribution in [2.24, 2.45) is 5.73 Å². The molecule has 0 fully saturated rings. The molecule has 0 saturated heterocycles. The molecule has 0 spiro atoms. The van der Waals surface area contributed by atoms with Crippen LogP contribution in [-0.2, 0) is 6.61 Å². The lowest BCUT2D eigenvalue weighted by Crippen LogP contribution is -2.13. The maximum atomic E-state index is 13.0. The summed E-state index contributed by atoms with van der Waals surface area (Å²) >= 11 is 0. The zero-order valence-electron chi connectivity index (χ0n) is 11.0. The van der Waals surface area contributed by atoms with E-state index in [1.54, 1.807) is 24.3 Å². The van der Waals surface area contributed by atoms with Crippen LogP contribution in [0.1, 0.15) is 11.1 Å². The van der Waals surface area contributed by atoms with Crippen molar-refractivity contribution in [3.05, 3.63) is 59.4 Å². The van der Waals surface area contributed by atoms with Gasteiger partial charge in [0.25, 0.3) is 0 Å². The first kappa shape index (κ1) is 13.9. The lowest BCUT2D eigenvalue weighted by molar-refractivity contribution is 0.304. The second-order valence-electron chi connectivity index (χ2n) is 4.19. The maximum absolute atomic E-state index is 13.0. The average Bonchev–Trinajstić information content (AvgIpc) is 2.45. The van der Waals surface area contributed by atoms with E-state index >= 15 is 0 Å². The number of nitrogens with two attached hydrogens (primary N) is 1. The van der Waals surface area contributed by atoms with Crippen LogP contribution in [0.25, 0.3) is 0 Å². The number of amidine groups is 1. The van der Waals surface area contributed by atoms with E-state index in [9.17, 15) is 4.39 Å². The Morgan fingerprint density at radius 1 is 1.25 bits per heavy atom. The van der Waals surface area contributed by atoms with Gasteiger partial charge in [0.15, 0.2) is 0 Å². The monoisotopic (exact) mass is 274 g/mol. The molecule has 0 aromatic heterocycles. The van der Waals surface area contributed by atoms with Crippen molar-refractivity contribution in [2.45, 2.75) is 6.61 Å². The molecule has 0 unspecified atom stereocenters. The zero-order chi connectivity index (χ0) is 14.5. The number of hydrogen-bond acceptors (Lipinski definition) is 3. The third-order valence-electron chi connectivity index (χ3n) is 2.76. The molecule has 0 radical (unpaired) electrons. The first-order chi connectivity index (χ1) is 9.60. The van der Waals surface area contributed by atoms with E-state index in [4.69, 9.17) is 20.6 Å². The number of rotatable bonds is 5. The van der Waals surface area contributed by atoms with Crippen molar-refractivity contribution in [1.82, 2.24) is 0 Å². The van der Waals surface area contributed by atoms with E-state index < -0.39 is 0 Å². The molecule has 0 aliphatic rings. The molecule has 20 heavy (non-hydrogen) atoms. The lowest BCUT2D eigenvalue weighted by atomic mass is 10.1. The van der Waals surface area contributed by atoms with E-state index in [1.807, 2.05) is 6.07 Å². The van der Waals surface area contributed by atoms with Crippen molar-refractivity contribution in [1.29, 1.82) is 5.41 Å². The van der Waals surface area contributed by atoms with Gasteiger partial charge in [0.2, 0.25) is 0 Å². The van der Waals surface area contributed by atoms with Gasteiger partial charge in [0.1, 0.15) is 29.8 Å². The summed E-state index contributed by atoms with van der Waals surface area (Å²) in [6.07, 6.45) is 0. The van der Waals surface area contributed by atoms with Crippen LogP contribution in [0.4, 0.5) is 4.39 Å². The molecule has 4 nitrogen and oxygen atoms in total. The summed E-state index contributed by atoms with van der Waals surface area (Å²) in [5.41, 5.74) is 6.83. The normalized spacial score (nSPS) is 10.1. The Hall–Kier alpha value is -2.56. The Morgan fingerprint density at radius 2 is 2.05 bits per heavy atom. The summed E-state index contributed by atoms with van der Waals surface area (Å²) in [4.78, 5) is 0. The second-order valence-corrected chi connectivity index (χ2v) is 4.19. The highest BCUT2D eigenvalue weighted by Gasteiger charge is 2.07. The molecule has 0 heterocycles. The summed E-state index contributed by atoms with van der Waals surface area (Å²) in [7, 11) is 1.52. The Kier molecular flexibility index (Phi) is 4.20. The van der Waals surface area contributed by atoms with Gasteiger partial charge in [0, 0.05) is 6.07 Å². The molecule has 0 bridgehead atoms. The third kappa shape index (κ3) is 3.26. The summed E-state index contributed by atoms with van der Waals surface area (Å²) < 4.78 is 23.6. The number of halogens is 1. The largest absolute Gasteiger partial charge is 0.496 e. The van der Waals surface area contributed by atoms with Gasteiger partial charge in [0.05, 0.1) is 12.7 Å². The topological polar surface area (TPSA) is 68.3 Å². The highest BCUT2D eigenvalue weighted by atomic mass is 19.1. The van der Waals surface area contributed by atoms with Crippen LogP contribution in [0.15, 0.2) is 42.5 Å². The summed E-state index contributed by atoms with van der Waals surface area (Å²) in [6, 6.07) is 11.2. The average molecular weight is 274 g/mol. The minimum Gasteiger partial charge on any atom is -0.496 e. The molecule has 0 amide bonds. The van der Waals surface area contributed by atoms with E-state index in [2.05, 4.69) is 0 Å². The molecule has 2 rings (SSSR count). The smallest absolute Gasteiger partial charge is 0.129 e. The Morgan fingerprint density at radius 3 is 2.70 bits per heavy atom. The molecule has 0 saturated carbocycles. The van der Waals surface area contributed by atoms with Crippen LogP contribution in [0, 0.1) is 11.2 Å². The molecular weight excluding hydrogens is 259 g/mol. The number of methoxy groups -OCH3 is 1. The molecule has 0 aliphatic heterocycles. The number of nitrogen functional groups attached to an aromatic ring is 1. The lowest BCUT2D eigenvalue weighted by Gasteiger charge is -2.10. The van der Waals surface area contributed by atoms with Crippen molar-refractivity contribution in [2.75, 3.05) is 7.11 Å². The highest BCUT2D eigenvalue weighted by molar-refractivity contribution is 5.97. The fourth-order valence-electron chi connectivity index (χ4n) is 1.78. The van der Waals surface area contributed by atoms with Crippen LogP contribution in [0.5, 0.6) is 11.5 Å². The van der Waals surface area contributed by atoms with Gasteiger partial charge in [-0.05, 0) is 29.8 Å². The number of benzene rings is 2. The summed E-state index contributed by atoms with van der Waals surface area (Å²) in [6.45, 7) is 0.258. The minimum absolute atomic E-state index is 0.0746. The Bertz CT molecular complexity index is 629. The highest BCUT2D eigenvalue weighted by Crippen LogP contribution is 2.21. The third-order valence-corrected chi connectivity index (χ3v) is 2.76. The Labute approximate surface area is 116 Å². The van der Waals surface area contributed by atoms with Gasteiger partial charge in [-0.25, -0.2) is 4.39 Å². The van der Waals surface area contributed by atoms with E-state index in [1.165, 1.54) is 19.2 Å². The van der Waals surface area contributed by atoms with Gasteiger partial charge >= 0.3 is 0 Å². The maximum Gasteiger partial charge on any atom is 0.129 e. The Balaban J connectivity index is 2.14. The zero-order valence-corrected chi connectivity index (χ0v) is 11.0. The number of hydrogen-bond donors (Lipinski definition) is 2. The van der Waals surface area contributed by atoms with Gasteiger partial charge < -0.3 is 15.2 Å². The van der Waals surface area contributed by atoms with Crippen LogP contribution in [0.2, 0.25) is 0 Å².